The van der Waals surface area contributed by atoms with Crippen molar-refractivity contribution in [2.24, 2.45) is 0 Å². The Bertz CT molecular complexity index is 367. The summed E-state index contributed by atoms with van der Waals surface area (Å²) < 4.78 is 9.54. The van der Waals surface area contributed by atoms with E-state index in [9.17, 15) is 14.4 Å². The highest BCUT2D eigenvalue weighted by Gasteiger charge is 2.25. The Morgan fingerprint density at radius 1 is 1.20 bits per heavy atom. The lowest BCUT2D eigenvalue weighted by molar-refractivity contribution is -0.144. The molecule has 116 valence electrons. The van der Waals surface area contributed by atoms with Crippen molar-refractivity contribution in [2.45, 2.75) is 45.4 Å². The predicted molar refractivity (Wildman–Crippen MR) is 76.6 cm³/mol. The van der Waals surface area contributed by atoms with Crippen LogP contribution < -0.4 is 10.6 Å². The first-order valence-corrected chi connectivity index (χ1v) is 6.72. The quantitative estimate of drug-likeness (QED) is 0.507. The average molecular weight is 306 g/mol. The summed E-state index contributed by atoms with van der Waals surface area (Å²) in [5, 5.41) is 4.80. The van der Waals surface area contributed by atoms with E-state index in [0.29, 0.717) is 0 Å². The number of thiol groups is 1. The molecule has 7 nitrogen and oxygen atoms in total. The van der Waals surface area contributed by atoms with Crippen molar-refractivity contribution in [1.29, 1.82) is 0 Å². The SMILES string of the molecule is COC(=O)C(CS)NC(=O)C(C)NC(=O)OC(C)(C)C. The lowest BCUT2D eigenvalue weighted by Gasteiger charge is -2.22. The number of amides is 2. The highest BCUT2D eigenvalue weighted by Crippen LogP contribution is 2.06. The Morgan fingerprint density at radius 3 is 2.15 bits per heavy atom. The van der Waals surface area contributed by atoms with Gasteiger partial charge in [-0.05, 0) is 27.7 Å². The number of hydrogen-bond donors (Lipinski definition) is 3. The highest BCUT2D eigenvalue weighted by atomic mass is 32.1. The summed E-state index contributed by atoms with van der Waals surface area (Å²) in [5.74, 6) is -1.03. The first-order chi connectivity index (χ1) is 9.10. The number of carbonyl (C=O) groups is 3. The molecule has 0 aliphatic rings. The molecule has 0 saturated heterocycles. The molecule has 0 aromatic carbocycles. The molecule has 0 fully saturated rings. The number of ether oxygens (including phenoxy) is 2. The van der Waals surface area contributed by atoms with Gasteiger partial charge in [-0.1, -0.05) is 0 Å². The van der Waals surface area contributed by atoms with E-state index in [4.69, 9.17) is 4.74 Å². The third-order valence-corrected chi connectivity index (χ3v) is 2.48. The minimum atomic E-state index is -0.862. The normalized spacial score (nSPS) is 13.9. The van der Waals surface area contributed by atoms with Gasteiger partial charge in [-0.15, -0.1) is 0 Å². The smallest absolute Gasteiger partial charge is 0.408 e. The highest BCUT2D eigenvalue weighted by molar-refractivity contribution is 7.80. The topological polar surface area (TPSA) is 93.7 Å². The summed E-state index contributed by atoms with van der Waals surface area (Å²) in [4.78, 5) is 34.6. The zero-order valence-electron chi connectivity index (χ0n) is 12.4. The van der Waals surface area contributed by atoms with Crippen LogP contribution in [0.4, 0.5) is 4.79 Å². The molecular formula is C12H22N2O5S. The van der Waals surface area contributed by atoms with Gasteiger partial charge in [0.2, 0.25) is 5.91 Å². The second kappa shape index (κ2) is 7.98. The van der Waals surface area contributed by atoms with Crippen LogP contribution in [-0.2, 0) is 19.1 Å². The van der Waals surface area contributed by atoms with Gasteiger partial charge in [0.15, 0.2) is 0 Å². The molecule has 0 rings (SSSR count). The van der Waals surface area contributed by atoms with Gasteiger partial charge in [0.05, 0.1) is 7.11 Å². The van der Waals surface area contributed by atoms with Crippen LogP contribution in [0.25, 0.3) is 0 Å². The van der Waals surface area contributed by atoms with Crippen molar-refractivity contribution in [2.75, 3.05) is 12.9 Å². The molecule has 0 aromatic heterocycles. The third-order valence-electron chi connectivity index (χ3n) is 2.11. The Labute approximate surface area is 124 Å². The zero-order chi connectivity index (χ0) is 15.9. The van der Waals surface area contributed by atoms with Crippen LogP contribution in [0.15, 0.2) is 0 Å². The van der Waals surface area contributed by atoms with Crippen molar-refractivity contribution < 1.29 is 23.9 Å². The zero-order valence-corrected chi connectivity index (χ0v) is 13.2. The van der Waals surface area contributed by atoms with Gasteiger partial charge in [-0.3, -0.25) is 4.79 Å². The van der Waals surface area contributed by atoms with E-state index in [-0.39, 0.29) is 5.75 Å². The number of alkyl carbamates (subject to hydrolysis) is 1. The average Bonchev–Trinajstić information content (AvgIpc) is 2.31. The molecule has 2 amide bonds. The van der Waals surface area contributed by atoms with Gasteiger partial charge in [0.1, 0.15) is 17.7 Å². The molecule has 8 heteroatoms. The van der Waals surface area contributed by atoms with Crippen molar-refractivity contribution in [3.63, 3.8) is 0 Å². The first-order valence-electron chi connectivity index (χ1n) is 6.09. The number of rotatable bonds is 5. The molecule has 0 bridgehead atoms. The van der Waals surface area contributed by atoms with E-state index < -0.39 is 35.7 Å². The molecule has 0 aliphatic heterocycles. The lowest BCUT2D eigenvalue weighted by atomic mass is 10.2. The first kappa shape index (κ1) is 18.6. The van der Waals surface area contributed by atoms with Gasteiger partial charge >= 0.3 is 12.1 Å². The minimum absolute atomic E-state index is 0.0948. The maximum absolute atomic E-state index is 11.8. The summed E-state index contributed by atoms with van der Waals surface area (Å²) in [6.07, 6.45) is -0.708. The van der Waals surface area contributed by atoms with Gasteiger partial charge in [0.25, 0.3) is 0 Å². The molecule has 2 N–H and O–H groups in total. The van der Waals surface area contributed by atoms with Gasteiger partial charge in [-0.25, -0.2) is 9.59 Å². The molecule has 0 spiro atoms. The fourth-order valence-corrected chi connectivity index (χ4v) is 1.41. The number of methoxy groups -OCH3 is 1. The third kappa shape index (κ3) is 7.22. The second-order valence-electron chi connectivity index (χ2n) is 5.13. The minimum Gasteiger partial charge on any atom is -0.467 e. The Balaban J connectivity index is 4.41. The standard InChI is InChI=1S/C12H22N2O5S/c1-7(13-11(17)19-12(2,3)4)9(15)14-8(6-20)10(16)18-5/h7-8,20H,6H2,1-5H3,(H,13,17)(H,14,15). The van der Waals surface area contributed by atoms with Crippen LogP contribution in [0.3, 0.4) is 0 Å². The summed E-state index contributed by atoms with van der Waals surface area (Å²) in [7, 11) is 1.22. The number of nitrogens with one attached hydrogen (secondary N) is 2. The molecule has 20 heavy (non-hydrogen) atoms. The number of carbonyl (C=O) groups excluding carboxylic acids is 3. The summed E-state index contributed by atoms with van der Waals surface area (Å²) in [6.45, 7) is 6.62. The molecule has 0 radical (unpaired) electrons. The van der Waals surface area contributed by atoms with E-state index in [1.807, 2.05) is 0 Å². The molecule has 0 saturated carbocycles. The fourth-order valence-electron chi connectivity index (χ4n) is 1.17. The van der Waals surface area contributed by atoms with Crippen LogP contribution in [0.2, 0.25) is 0 Å². The van der Waals surface area contributed by atoms with Crippen molar-refractivity contribution in [3.8, 4) is 0 Å². The molecule has 2 unspecified atom stereocenters. The van der Waals surface area contributed by atoms with Crippen molar-refractivity contribution in [3.05, 3.63) is 0 Å². The van der Waals surface area contributed by atoms with Crippen molar-refractivity contribution >= 4 is 30.6 Å². The largest absolute Gasteiger partial charge is 0.467 e. The van der Waals surface area contributed by atoms with E-state index in [0.717, 1.165) is 0 Å². The number of esters is 1. The van der Waals surface area contributed by atoms with Crippen LogP contribution in [0.1, 0.15) is 27.7 Å². The Hall–Kier alpha value is -1.44. The van der Waals surface area contributed by atoms with Crippen LogP contribution in [-0.4, -0.2) is 48.5 Å². The fraction of sp³-hybridized carbons (Fsp3) is 0.750. The second-order valence-corrected chi connectivity index (χ2v) is 5.50. The van der Waals surface area contributed by atoms with E-state index in [1.165, 1.54) is 14.0 Å². The molecule has 2 atom stereocenters. The monoisotopic (exact) mass is 306 g/mol. The van der Waals surface area contributed by atoms with E-state index >= 15 is 0 Å². The Morgan fingerprint density at radius 2 is 1.75 bits per heavy atom. The van der Waals surface area contributed by atoms with Crippen LogP contribution >= 0.6 is 12.6 Å². The Kier molecular flexibility index (Phi) is 7.41. The lowest BCUT2D eigenvalue weighted by Crippen LogP contribution is -2.51. The van der Waals surface area contributed by atoms with Gasteiger partial charge in [0, 0.05) is 5.75 Å². The maximum Gasteiger partial charge on any atom is 0.408 e. The van der Waals surface area contributed by atoms with Crippen LogP contribution in [0, 0.1) is 0 Å². The van der Waals surface area contributed by atoms with Gasteiger partial charge in [-0.2, -0.15) is 12.6 Å². The van der Waals surface area contributed by atoms with E-state index in [2.05, 4.69) is 28.0 Å². The maximum atomic E-state index is 11.8. The van der Waals surface area contributed by atoms with E-state index in [1.54, 1.807) is 20.8 Å². The summed E-state index contributed by atoms with van der Waals surface area (Å²) in [5.41, 5.74) is -0.653. The summed E-state index contributed by atoms with van der Waals surface area (Å²) in [6, 6.07) is -1.71. The predicted octanol–water partition coefficient (Wildman–Crippen LogP) is 0.487. The van der Waals surface area contributed by atoms with Crippen LogP contribution in [0.5, 0.6) is 0 Å². The molecular weight excluding hydrogens is 284 g/mol. The van der Waals surface area contributed by atoms with Gasteiger partial charge < -0.3 is 20.1 Å². The summed E-state index contributed by atoms with van der Waals surface area (Å²) >= 11 is 3.95. The molecule has 0 heterocycles. The molecule has 0 aliphatic carbocycles. The van der Waals surface area contributed by atoms with Crippen molar-refractivity contribution in [1.82, 2.24) is 10.6 Å². The molecule has 0 aromatic rings. The number of hydrogen-bond acceptors (Lipinski definition) is 6.